The molecule has 0 aromatic heterocycles. The average molecular weight is 276 g/mol. The Balaban J connectivity index is 1.82. The topological polar surface area (TPSA) is 55.6 Å². The maximum atomic E-state index is 12.2. The summed E-state index contributed by atoms with van der Waals surface area (Å²) in [5, 5.41) is 0. The number of piperidine rings is 1. The van der Waals surface area contributed by atoms with E-state index in [2.05, 4.69) is 6.92 Å². The minimum absolute atomic E-state index is 0.0583. The first-order valence-electron chi connectivity index (χ1n) is 7.33. The van der Waals surface area contributed by atoms with E-state index >= 15 is 0 Å². The van der Waals surface area contributed by atoms with Crippen LogP contribution in [0.4, 0.5) is 0 Å². The number of hydrogen-bond donors (Lipinski definition) is 1. The second kappa shape index (κ2) is 7.41. The van der Waals surface area contributed by atoms with Crippen molar-refractivity contribution >= 4 is 5.91 Å². The lowest BCUT2D eigenvalue weighted by molar-refractivity contribution is -0.141. The molecule has 2 atom stereocenters. The molecule has 4 heteroatoms. The minimum atomic E-state index is 0.0583. The summed E-state index contributed by atoms with van der Waals surface area (Å²) in [6, 6.07) is 10.1. The quantitative estimate of drug-likeness (QED) is 0.892. The Hall–Kier alpha value is -1.39. The molecule has 0 radical (unpaired) electrons. The van der Waals surface area contributed by atoms with Gasteiger partial charge in [0.05, 0.1) is 6.61 Å². The van der Waals surface area contributed by atoms with Crippen LogP contribution < -0.4 is 5.73 Å². The molecule has 1 aromatic carbocycles. The minimum Gasteiger partial charge on any atom is -0.367 e. The maximum absolute atomic E-state index is 12.2. The largest absolute Gasteiger partial charge is 0.367 e. The van der Waals surface area contributed by atoms with Crippen molar-refractivity contribution in [3.05, 3.63) is 35.9 Å². The summed E-state index contributed by atoms with van der Waals surface area (Å²) in [6.45, 7) is 4.12. The summed E-state index contributed by atoms with van der Waals surface area (Å²) in [7, 11) is 0. The highest BCUT2D eigenvalue weighted by Gasteiger charge is 2.30. The third kappa shape index (κ3) is 3.81. The fourth-order valence-electron chi connectivity index (χ4n) is 2.83. The zero-order valence-corrected chi connectivity index (χ0v) is 12.1. The number of nitrogens with two attached hydrogens (primary N) is 1. The molecule has 0 saturated carbocycles. The van der Waals surface area contributed by atoms with Gasteiger partial charge < -0.3 is 15.4 Å². The van der Waals surface area contributed by atoms with Crippen LogP contribution >= 0.6 is 0 Å². The molecule has 0 bridgehead atoms. The van der Waals surface area contributed by atoms with Crippen molar-refractivity contribution in [2.45, 2.75) is 32.4 Å². The molecule has 1 aromatic rings. The Labute approximate surface area is 120 Å². The van der Waals surface area contributed by atoms with Gasteiger partial charge >= 0.3 is 0 Å². The van der Waals surface area contributed by atoms with Crippen LogP contribution in [0.2, 0.25) is 0 Å². The van der Waals surface area contributed by atoms with E-state index in [9.17, 15) is 4.79 Å². The number of ether oxygens (including phenoxy) is 1. The Bertz CT molecular complexity index is 422. The molecule has 2 N–H and O–H groups in total. The lowest BCUT2D eigenvalue weighted by Gasteiger charge is -2.39. The molecule has 4 nitrogen and oxygen atoms in total. The summed E-state index contributed by atoms with van der Waals surface area (Å²) >= 11 is 0. The van der Waals surface area contributed by atoms with E-state index in [1.807, 2.05) is 35.2 Å². The first kappa shape index (κ1) is 15.0. The van der Waals surface area contributed by atoms with Crippen LogP contribution in [-0.4, -0.2) is 36.5 Å². The fraction of sp³-hybridized carbons (Fsp3) is 0.562. The molecule has 1 saturated heterocycles. The fourth-order valence-corrected chi connectivity index (χ4v) is 2.83. The van der Waals surface area contributed by atoms with Gasteiger partial charge in [-0.2, -0.15) is 0 Å². The van der Waals surface area contributed by atoms with Gasteiger partial charge in [0, 0.05) is 19.1 Å². The molecule has 1 aliphatic heterocycles. The van der Waals surface area contributed by atoms with Crippen molar-refractivity contribution in [2.24, 2.45) is 11.7 Å². The Morgan fingerprint density at radius 3 is 2.85 bits per heavy atom. The third-order valence-electron chi connectivity index (χ3n) is 4.01. The third-order valence-corrected chi connectivity index (χ3v) is 4.01. The van der Waals surface area contributed by atoms with E-state index in [0.29, 0.717) is 19.1 Å². The molecule has 1 fully saturated rings. The second-order valence-corrected chi connectivity index (χ2v) is 5.49. The van der Waals surface area contributed by atoms with Gasteiger partial charge in [0.25, 0.3) is 0 Å². The summed E-state index contributed by atoms with van der Waals surface area (Å²) < 4.78 is 5.53. The zero-order chi connectivity index (χ0) is 14.4. The Morgan fingerprint density at radius 1 is 1.40 bits per heavy atom. The highest BCUT2D eigenvalue weighted by molar-refractivity contribution is 5.78. The van der Waals surface area contributed by atoms with Crippen molar-refractivity contribution in [1.82, 2.24) is 4.90 Å². The first-order valence-corrected chi connectivity index (χ1v) is 7.33. The van der Waals surface area contributed by atoms with E-state index in [4.69, 9.17) is 10.5 Å². The van der Waals surface area contributed by atoms with Gasteiger partial charge in [-0.05, 0) is 24.3 Å². The van der Waals surface area contributed by atoms with E-state index in [-0.39, 0.29) is 18.6 Å². The number of nitrogens with zero attached hydrogens (tertiary/aromatic N) is 1. The van der Waals surface area contributed by atoms with Crippen LogP contribution in [0.5, 0.6) is 0 Å². The number of benzene rings is 1. The predicted octanol–water partition coefficient (Wildman–Crippen LogP) is 1.79. The molecular weight excluding hydrogens is 252 g/mol. The van der Waals surface area contributed by atoms with Gasteiger partial charge in [-0.1, -0.05) is 37.3 Å². The summed E-state index contributed by atoms with van der Waals surface area (Å²) in [5.74, 6) is 0.537. The number of likely N-dealkylation sites (tertiary alicyclic amines) is 1. The van der Waals surface area contributed by atoms with E-state index in [1.165, 1.54) is 0 Å². The number of carbonyl (C=O) groups excluding carboxylic acids is 1. The number of carbonyl (C=O) groups is 1. The second-order valence-electron chi connectivity index (χ2n) is 5.49. The molecule has 2 rings (SSSR count). The van der Waals surface area contributed by atoms with E-state index in [0.717, 1.165) is 24.9 Å². The van der Waals surface area contributed by atoms with Crippen LogP contribution in [0, 0.1) is 5.92 Å². The van der Waals surface area contributed by atoms with Crippen LogP contribution in [0.15, 0.2) is 30.3 Å². The van der Waals surface area contributed by atoms with E-state index in [1.54, 1.807) is 0 Å². The van der Waals surface area contributed by atoms with Gasteiger partial charge in [0.15, 0.2) is 0 Å². The molecule has 0 aliphatic carbocycles. The highest BCUT2D eigenvalue weighted by Crippen LogP contribution is 2.22. The lowest BCUT2D eigenvalue weighted by Crippen LogP contribution is -2.52. The van der Waals surface area contributed by atoms with Crippen molar-refractivity contribution in [1.29, 1.82) is 0 Å². The molecule has 0 unspecified atom stereocenters. The Kier molecular flexibility index (Phi) is 5.56. The normalized spacial score (nSPS) is 22.8. The smallest absolute Gasteiger partial charge is 0.248 e. The first-order chi connectivity index (χ1) is 9.72. The molecule has 20 heavy (non-hydrogen) atoms. The SMILES string of the molecule is C[C@@H]1CCCN(C(=O)COCc2ccccc2)[C@H]1CN. The van der Waals surface area contributed by atoms with Crippen LogP contribution in [-0.2, 0) is 16.1 Å². The van der Waals surface area contributed by atoms with Gasteiger partial charge in [-0.25, -0.2) is 0 Å². The summed E-state index contributed by atoms with van der Waals surface area (Å²) in [6.07, 6.45) is 2.21. The Morgan fingerprint density at radius 2 is 2.15 bits per heavy atom. The number of amides is 1. The van der Waals surface area contributed by atoms with Crippen molar-refractivity contribution in [3.63, 3.8) is 0 Å². The molecule has 1 aliphatic rings. The van der Waals surface area contributed by atoms with Crippen molar-refractivity contribution < 1.29 is 9.53 Å². The van der Waals surface area contributed by atoms with Gasteiger partial charge in [-0.15, -0.1) is 0 Å². The number of hydrogen-bond acceptors (Lipinski definition) is 3. The highest BCUT2D eigenvalue weighted by atomic mass is 16.5. The van der Waals surface area contributed by atoms with E-state index < -0.39 is 0 Å². The molecule has 1 heterocycles. The lowest BCUT2D eigenvalue weighted by atomic mass is 9.91. The maximum Gasteiger partial charge on any atom is 0.248 e. The summed E-state index contributed by atoms with van der Waals surface area (Å²) in [5.41, 5.74) is 6.89. The predicted molar refractivity (Wildman–Crippen MR) is 79.1 cm³/mol. The molecule has 110 valence electrons. The summed E-state index contributed by atoms with van der Waals surface area (Å²) in [4.78, 5) is 14.2. The van der Waals surface area contributed by atoms with Crippen LogP contribution in [0.25, 0.3) is 0 Å². The number of rotatable bonds is 5. The van der Waals surface area contributed by atoms with Gasteiger partial charge in [0.1, 0.15) is 6.61 Å². The van der Waals surface area contributed by atoms with Crippen molar-refractivity contribution in [2.75, 3.05) is 19.7 Å². The molecular formula is C16H24N2O2. The van der Waals surface area contributed by atoms with Crippen molar-refractivity contribution in [3.8, 4) is 0 Å². The van der Waals surface area contributed by atoms with Gasteiger partial charge in [0.2, 0.25) is 5.91 Å². The monoisotopic (exact) mass is 276 g/mol. The average Bonchev–Trinajstić information content (AvgIpc) is 2.48. The van der Waals surface area contributed by atoms with Gasteiger partial charge in [-0.3, -0.25) is 4.79 Å². The molecule has 1 amide bonds. The standard InChI is InChI=1S/C16H24N2O2/c1-13-6-5-9-18(15(13)10-17)16(19)12-20-11-14-7-3-2-4-8-14/h2-4,7-8,13,15H,5-6,9-12,17H2,1H3/t13-,15+/m1/s1. The van der Waals surface area contributed by atoms with Crippen LogP contribution in [0.1, 0.15) is 25.3 Å². The van der Waals surface area contributed by atoms with Crippen LogP contribution in [0.3, 0.4) is 0 Å². The zero-order valence-electron chi connectivity index (χ0n) is 12.1. The molecule has 0 spiro atoms.